The Morgan fingerprint density at radius 1 is 1.05 bits per heavy atom. The maximum atomic E-state index is 13.8. The predicted molar refractivity (Wildman–Crippen MR) is 139 cm³/mol. The summed E-state index contributed by atoms with van der Waals surface area (Å²) >= 11 is 0. The van der Waals surface area contributed by atoms with E-state index in [1.54, 1.807) is 4.90 Å². The molecule has 0 saturated carbocycles. The van der Waals surface area contributed by atoms with Crippen molar-refractivity contribution in [1.82, 2.24) is 10.2 Å². The Labute approximate surface area is 218 Å². The summed E-state index contributed by atoms with van der Waals surface area (Å²) in [6.45, 7) is 5.43. The van der Waals surface area contributed by atoms with Crippen LogP contribution in [0.1, 0.15) is 74.7 Å². The van der Waals surface area contributed by atoms with Crippen LogP contribution in [0.25, 0.3) is 0 Å². The van der Waals surface area contributed by atoms with Crippen LogP contribution in [0.3, 0.4) is 0 Å². The molecule has 2 heterocycles. The molecule has 5 nitrogen and oxygen atoms in total. The molecule has 1 atom stereocenters. The fourth-order valence-electron chi connectivity index (χ4n) is 5.66. The number of nitrogens with zero attached hydrogens (tertiary/aromatic N) is 1. The van der Waals surface area contributed by atoms with E-state index in [0.29, 0.717) is 38.5 Å². The number of carbonyl (C=O) groups excluding carboxylic acids is 2. The number of carbonyl (C=O) groups is 2. The van der Waals surface area contributed by atoms with Crippen LogP contribution in [0.2, 0.25) is 0 Å². The predicted octanol–water partition coefficient (Wildman–Crippen LogP) is 5.91. The number of rotatable bonds is 3. The number of aryl methyl sites for hydroxylation is 1. The minimum absolute atomic E-state index is 0.00144. The van der Waals surface area contributed by atoms with Crippen molar-refractivity contribution in [3.63, 3.8) is 0 Å². The van der Waals surface area contributed by atoms with Crippen molar-refractivity contribution in [2.45, 2.75) is 71.3 Å². The molecule has 7 heteroatoms. The number of piperidine rings is 1. The lowest BCUT2D eigenvalue weighted by molar-refractivity contribution is -0.135. The topological polar surface area (TPSA) is 58.6 Å². The molecular weight excluding hydrogens is 474 g/mol. The largest absolute Gasteiger partial charge is 0.491 e. The van der Waals surface area contributed by atoms with Gasteiger partial charge in [-0.05, 0) is 68.2 Å². The lowest BCUT2D eigenvalue weighted by atomic mass is 9.73. The lowest BCUT2D eigenvalue weighted by Gasteiger charge is -2.41. The molecule has 0 radical (unpaired) electrons. The van der Waals surface area contributed by atoms with Gasteiger partial charge in [0.15, 0.2) is 0 Å². The molecule has 1 spiro atoms. The molecule has 2 aliphatic rings. The van der Waals surface area contributed by atoms with E-state index in [1.165, 1.54) is 5.56 Å². The molecule has 0 aliphatic carbocycles. The van der Waals surface area contributed by atoms with Crippen molar-refractivity contribution in [1.29, 1.82) is 0 Å². The van der Waals surface area contributed by atoms with Gasteiger partial charge in [-0.1, -0.05) is 44.9 Å². The first-order chi connectivity index (χ1) is 17.8. The third-order valence-electron chi connectivity index (χ3n) is 7.70. The fourth-order valence-corrected chi connectivity index (χ4v) is 5.66. The van der Waals surface area contributed by atoms with Crippen molar-refractivity contribution in [2.24, 2.45) is 11.3 Å². The molecule has 200 valence electrons. The van der Waals surface area contributed by atoms with Gasteiger partial charge in [0.1, 0.15) is 24.0 Å². The molecule has 0 aromatic heterocycles. The van der Waals surface area contributed by atoms with Crippen molar-refractivity contribution >= 4 is 11.8 Å². The minimum atomic E-state index is -0.771. The second-order valence-corrected chi connectivity index (χ2v) is 11.0. The number of amides is 2. The van der Waals surface area contributed by atoms with E-state index in [0.717, 1.165) is 62.5 Å². The Balaban J connectivity index is 1.49. The van der Waals surface area contributed by atoms with E-state index in [9.17, 15) is 18.4 Å². The molecule has 1 fully saturated rings. The molecule has 1 N–H and O–H groups in total. The van der Waals surface area contributed by atoms with Crippen LogP contribution in [0.4, 0.5) is 8.78 Å². The third-order valence-corrected chi connectivity index (χ3v) is 7.70. The van der Waals surface area contributed by atoms with Crippen molar-refractivity contribution < 1.29 is 23.1 Å². The normalized spacial score (nSPS) is 20.7. The van der Waals surface area contributed by atoms with Gasteiger partial charge in [0.25, 0.3) is 5.91 Å². The van der Waals surface area contributed by atoms with E-state index in [2.05, 4.69) is 25.2 Å². The molecule has 37 heavy (non-hydrogen) atoms. The summed E-state index contributed by atoms with van der Waals surface area (Å²) < 4.78 is 33.6. The average molecular weight is 513 g/mol. The second kappa shape index (κ2) is 12.1. The highest BCUT2D eigenvalue weighted by atomic mass is 19.1. The van der Waals surface area contributed by atoms with E-state index < -0.39 is 23.0 Å². The van der Waals surface area contributed by atoms with Gasteiger partial charge in [0.05, 0.1) is 11.5 Å². The SMILES string of the molecule is CC(C)C[C@H]1COc2ccccc2CCCCCC2(CCN(C(=O)c3cc(F)cc(F)c3)CC2)C(=O)N1. The second-order valence-electron chi connectivity index (χ2n) is 11.0. The van der Waals surface area contributed by atoms with Crippen molar-refractivity contribution in [2.75, 3.05) is 19.7 Å². The van der Waals surface area contributed by atoms with E-state index in [-0.39, 0.29) is 17.5 Å². The maximum Gasteiger partial charge on any atom is 0.254 e. The van der Waals surface area contributed by atoms with Gasteiger partial charge in [0, 0.05) is 24.7 Å². The van der Waals surface area contributed by atoms with E-state index in [1.807, 2.05) is 18.2 Å². The zero-order chi connectivity index (χ0) is 26.4. The van der Waals surface area contributed by atoms with Gasteiger partial charge in [-0.15, -0.1) is 0 Å². The summed E-state index contributed by atoms with van der Waals surface area (Å²) in [6.07, 6.45) is 6.50. The Morgan fingerprint density at radius 2 is 1.76 bits per heavy atom. The van der Waals surface area contributed by atoms with Gasteiger partial charge < -0.3 is 15.0 Å². The highest BCUT2D eigenvalue weighted by Crippen LogP contribution is 2.38. The average Bonchev–Trinajstić information content (AvgIpc) is 2.87. The van der Waals surface area contributed by atoms with Crippen molar-refractivity contribution in [3.05, 3.63) is 65.2 Å². The summed E-state index contributed by atoms with van der Waals surface area (Å²) in [5.74, 6) is -0.638. The molecule has 2 aromatic carbocycles. The minimum Gasteiger partial charge on any atom is -0.491 e. The zero-order valence-corrected chi connectivity index (χ0v) is 21.9. The third kappa shape index (κ3) is 6.88. The zero-order valence-electron chi connectivity index (χ0n) is 21.9. The van der Waals surface area contributed by atoms with Gasteiger partial charge in [0.2, 0.25) is 5.91 Å². The molecule has 2 aromatic rings. The van der Waals surface area contributed by atoms with E-state index in [4.69, 9.17) is 4.74 Å². The Morgan fingerprint density at radius 3 is 2.46 bits per heavy atom. The molecule has 4 rings (SSSR count). The highest BCUT2D eigenvalue weighted by molar-refractivity contribution is 5.94. The molecule has 1 saturated heterocycles. The first-order valence-electron chi connectivity index (χ1n) is 13.5. The number of hydrogen-bond acceptors (Lipinski definition) is 3. The quantitative estimate of drug-likeness (QED) is 0.556. The fraction of sp³-hybridized carbons (Fsp3) is 0.533. The standard InChI is InChI=1S/C30H38F2N2O3/c1-21(2)16-26-20-37-27-10-6-5-9-22(27)8-4-3-7-11-30(29(36)33-26)12-14-34(15-13-30)28(35)23-17-24(31)19-25(32)18-23/h5-6,9-10,17-19,21,26H,3-4,7-8,11-16,20H2,1-2H3,(H,33,36)/t26-/m0/s1. The van der Waals surface area contributed by atoms with Crippen LogP contribution in [0, 0.1) is 23.0 Å². The smallest absolute Gasteiger partial charge is 0.254 e. The van der Waals surface area contributed by atoms with Crippen LogP contribution < -0.4 is 10.1 Å². The Hall–Kier alpha value is -2.96. The first kappa shape index (κ1) is 27.1. The summed E-state index contributed by atoms with van der Waals surface area (Å²) in [5, 5.41) is 3.30. The molecule has 0 unspecified atom stereocenters. The monoisotopic (exact) mass is 512 g/mol. The van der Waals surface area contributed by atoms with Crippen molar-refractivity contribution in [3.8, 4) is 5.75 Å². The van der Waals surface area contributed by atoms with Gasteiger partial charge >= 0.3 is 0 Å². The highest BCUT2D eigenvalue weighted by Gasteiger charge is 2.42. The number of nitrogens with one attached hydrogen (secondary N) is 1. The van der Waals surface area contributed by atoms with Gasteiger partial charge in [-0.2, -0.15) is 0 Å². The molecular formula is C30H38F2N2O3. The number of fused-ring (bicyclic) bond motifs is 1. The number of ether oxygens (including phenoxy) is 1. The molecule has 0 bridgehead atoms. The molecule has 2 aliphatic heterocycles. The van der Waals surface area contributed by atoms with Crippen LogP contribution in [0.5, 0.6) is 5.75 Å². The van der Waals surface area contributed by atoms with Crippen LogP contribution >= 0.6 is 0 Å². The maximum absolute atomic E-state index is 13.8. The van der Waals surface area contributed by atoms with Crippen LogP contribution in [0.15, 0.2) is 42.5 Å². The summed E-state index contributed by atoms with van der Waals surface area (Å²) in [4.78, 5) is 28.4. The summed E-state index contributed by atoms with van der Waals surface area (Å²) in [5.41, 5.74) is 0.633. The number of likely N-dealkylation sites (tertiary alicyclic amines) is 1. The summed E-state index contributed by atoms with van der Waals surface area (Å²) in [6, 6.07) is 10.9. The van der Waals surface area contributed by atoms with Crippen LogP contribution in [-0.4, -0.2) is 42.5 Å². The Bertz CT molecular complexity index is 1080. The lowest BCUT2D eigenvalue weighted by Crippen LogP contribution is -2.53. The number of hydrogen-bond donors (Lipinski definition) is 1. The van der Waals surface area contributed by atoms with E-state index >= 15 is 0 Å². The first-order valence-corrected chi connectivity index (χ1v) is 13.5. The number of halogens is 2. The van der Waals surface area contributed by atoms with Gasteiger partial charge in [-0.25, -0.2) is 8.78 Å². The van der Waals surface area contributed by atoms with Crippen LogP contribution in [-0.2, 0) is 11.2 Å². The number of para-hydroxylation sites is 1. The molecule has 2 amide bonds. The Kier molecular flexibility index (Phi) is 8.83. The summed E-state index contributed by atoms with van der Waals surface area (Å²) in [7, 11) is 0. The van der Waals surface area contributed by atoms with Gasteiger partial charge in [-0.3, -0.25) is 9.59 Å². The number of benzene rings is 2.